The summed E-state index contributed by atoms with van der Waals surface area (Å²) in [7, 11) is 0. The van der Waals surface area contributed by atoms with Crippen LogP contribution in [0.15, 0.2) is 24.3 Å². The molecule has 20 heavy (non-hydrogen) atoms. The highest BCUT2D eigenvalue weighted by atomic mass is 35.5. The van der Waals surface area contributed by atoms with Crippen molar-refractivity contribution in [1.82, 2.24) is 10.3 Å². The minimum atomic E-state index is -0.811. The van der Waals surface area contributed by atoms with E-state index in [9.17, 15) is 9.59 Å². The number of nitrogens with one attached hydrogen (secondary N) is 2. The summed E-state index contributed by atoms with van der Waals surface area (Å²) in [6.07, 6.45) is 0. The Labute approximate surface area is 121 Å². The molecule has 2 amide bonds. The Morgan fingerprint density at radius 3 is 2.60 bits per heavy atom. The number of fused-ring (bicyclic) bond motifs is 1. The fourth-order valence-corrected chi connectivity index (χ4v) is 2.04. The number of halogens is 1. The van der Waals surface area contributed by atoms with Gasteiger partial charge in [-0.05, 0) is 19.9 Å². The van der Waals surface area contributed by atoms with Crippen LogP contribution in [-0.2, 0) is 4.79 Å². The van der Waals surface area contributed by atoms with Gasteiger partial charge in [-0.15, -0.1) is 0 Å². The molecule has 4 N–H and O–H groups in total. The Hall–Kier alpha value is -2.01. The van der Waals surface area contributed by atoms with E-state index in [2.05, 4.69) is 10.3 Å². The zero-order chi connectivity index (χ0) is 14.9. The SMILES string of the molecule is CC(C)(CNC(=O)c1[nH]c2ccccc2c1Cl)C(N)=O. The third-order valence-corrected chi connectivity index (χ3v) is 3.62. The topological polar surface area (TPSA) is 88.0 Å². The summed E-state index contributed by atoms with van der Waals surface area (Å²) in [5.41, 5.74) is 5.52. The number of H-pyrrole nitrogens is 1. The summed E-state index contributed by atoms with van der Waals surface area (Å²) in [5, 5.41) is 3.82. The van der Waals surface area contributed by atoms with Crippen LogP contribution in [0.5, 0.6) is 0 Å². The van der Waals surface area contributed by atoms with Gasteiger partial charge >= 0.3 is 0 Å². The van der Waals surface area contributed by atoms with Gasteiger partial charge in [-0.25, -0.2) is 0 Å². The number of amides is 2. The molecule has 106 valence electrons. The molecular weight excluding hydrogens is 278 g/mol. The van der Waals surface area contributed by atoms with Crippen LogP contribution in [0, 0.1) is 5.41 Å². The molecule has 6 heteroatoms. The molecule has 0 radical (unpaired) electrons. The van der Waals surface area contributed by atoms with Crippen LogP contribution in [-0.4, -0.2) is 23.3 Å². The van der Waals surface area contributed by atoms with Gasteiger partial charge in [0.15, 0.2) is 0 Å². The molecule has 0 unspecified atom stereocenters. The fourth-order valence-electron chi connectivity index (χ4n) is 1.74. The van der Waals surface area contributed by atoms with Gasteiger partial charge in [0.2, 0.25) is 5.91 Å². The second-order valence-electron chi connectivity index (χ2n) is 5.29. The van der Waals surface area contributed by atoms with Gasteiger partial charge in [0.1, 0.15) is 5.69 Å². The average molecular weight is 294 g/mol. The van der Waals surface area contributed by atoms with Gasteiger partial charge in [-0.3, -0.25) is 9.59 Å². The Bertz CT molecular complexity index is 676. The van der Waals surface area contributed by atoms with Gasteiger partial charge in [0, 0.05) is 17.4 Å². The van der Waals surface area contributed by atoms with Gasteiger partial charge < -0.3 is 16.0 Å². The molecule has 0 saturated carbocycles. The summed E-state index contributed by atoms with van der Waals surface area (Å²) in [6, 6.07) is 7.37. The first kappa shape index (κ1) is 14.4. The zero-order valence-corrected chi connectivity index (χ0v) is 12.0. The Morgan fingerprint density at radius 1 is 1.35 bits per heavy atom. The van der Waals surface area contributed by atoms with E-state index in [1.807, 2.05) is 24.3 Å². The van der Waals surface area contributed by atoms with Crippen LogP contribution < -0.4 is 11.1 Å². The molecule has 2 aromatic rings. The van der Waals surface area contributed by atoms with Crippen molar-refractivity contribution in [3.05, 3.63) is 35.0 Å². The van der Waals surface area contributed by atoms with Crippen LogP contribution in [0.2, 0.25) is 5.02 Å². The summed E-state index contributed by atoms with van der Waals surface area (Å²) < 4.78 is 0. The predicted molar refractivity (Wildman–Crippen MR) is 78.6 cm³/mol. The van der Waals surface area contributed by atoms with E-state index in [0.29, 0.717) is 5.02 Å². The molecule has 2 rings (SSSR count). The van der Waals surface area contributed by atoms with Crippen LogP contribution in [0.4, 0.5) is 0 Å². The van der Waals surface area contributed by atoms with Gasteiger partial charge in [-0.1, -0.05) is 29.8 Å². The highest BCUT2D eigenvalue weighted by Crippen LogP contribution is 2.27. The number of rotatable bonds is 4. The fraction of sp³-hybridized carbons (Fsp3) is 0.286. The van der Waals surface area contributed by atoms with Crippen molar-refractivity contribution in [1.29, 1.82) is 0 Å². The Morgan fingerprint density at radius 2 is 2.00 bits per heavy atom. The van der Waals surface area contributed by atoms with Crippen LogP contribution in [0.25, 0.3) is 10.9 Å². The Balaban J connectivity index is 2.20. The summed E-state index contributed by atoms with van der Waals surface area (Å²) in [6.45, 7) is 3.48. The smallest absolute Gasteiger partial charge is 0.269 e. The first-order chi connectivity index (χ1) is 9.33. The molecule has 0 aliphatic heterocycles. The first-order valence-corrected chi connectivity index (χ1v) is 6.55. The molecule has 0 fully saturated rings. The van der Waals surface area contributed by atoms with E-state index in [0.717, 1.165) is 10.9 Å². The molecule has 0 bridgehead atoms. The van der Waals surface area contributed by atoms with Crippen molar-refractivity contribution >= 4 is 34.3 Å². The number of carbonyl (C=O) groups is 2. The predicted octanol–water partition coefficient (Wildman–Crippen LogP) is 2.06. The highest BCUT2D eigenvalue weighted by molar-refractivity contribution is 6.38. The number of benzene rings is 1. The second kappa shape index (κ2) is 5.17. The van der Waals surface area contributed by atoms with E-state index in [-0.39, 0.29) is 18.1 Å². The number of para-hydroxylation sites is 1. The third kappa shape index (κ3) is 2.63. The Kier molecular flexibility index (Phi) is 3.72. The normalized spacial score (nSPS) is 11.6. The number of primary amides is 1. The minimum absolute atomic E-state index is 0.146. The van der Waals surface area contributed by atoms with Crippen molar-refractivity contribution in [3.8, 4) is 0 Å². The summed E-state index contributed by atoms with van der Waals surface area (Å²) in [4.78, 5) is 26.3. The van der Waals surface area contributed by atoms with E-state index in [4.69, 9.17) is 17.3 Å². The van der Waals surface area contributed by atoms with E-state index >= 15 is 0 Å². The second-order valence-corrected chi connectivity index (χ2v) is 5.67. The van der Waals surface area contributed by atoms with E-state index < -0.39 is 11.3 Å². The van der Waals surface area contributed by atoms with Crippen molar-refractivity contribution in [2.24, 2.45) is 11.1 Å². The van der Waals surface area contributed by atoms with Crippen LogP contribution in [0.3, 0.4) is 0 Å². The summed E-state index contributed by atoms with van der Waals surface area (Å²) in [5.74, 6) is -0.832. The molecule has 0 saturated heterocycles. The lowest BCUT2D eigenvalue weighted by Crippen LogP contribution is -2.42. The van der Waals surface area contributed by atoms with Gasteiger partial charge in [-0.2, -0.15) is 0 Å². The molecule has 1 heterocycles. The van der Waals surface area contributed by atoms with Gasteiger partial charge in [0.25, 0.3) is 5.91 Å². The number of aromatic nitrogens is 1. The molecule has 0 aliphatic rings. The number of aromatic amines is 1. The van der Waals surface area contributed by atoms with Crippen molar-refractivity contribution in [2.45, 2.75) is 13.8 Å². The molecular formula is C14H16ClN3O2. The lowest BCUT2D eigenvalue weighted by molar-refractivity contribution is -0.125. The molecule has 1 aromatic carbocycles. The standard InChI is InChI=1S/C14H16ClN3O2/c1-14(2,13(16)20)7-17-12(19)11-10(15)8-5-3-4-6-9(8)18-11/h3-6,18H,7H2,1-2H3,(H2,16,20)(H,17,19). The maximum Gasteiger partial charge on any atom is 0.269 e. The number of carbonyl (C=O) groups excluding carboxylic acids is 2. The maximum absolute atomic E-state index is 12.1. The monoisotopic (exact) mass is 293 g/mol. The first-order valence-electron chi connectivity index (χ1n) is 6.17. The quantitative estimate of drug-likeness (QED) is 0.805. The average Bonchev–Trinajstić information content (AvgIpc) is 2.74. The molecule has 0 spiro atoms. The maximum atomic E-state index is 12.1. The molecule has 1 aromatic heterocycles. The minimum Gasteiger partial charge on any atom is -0.369 e. The number of nitrogens with two attached hydrogens (primary N) is 1. The zero-order valence-electron chi connectivity index (χ0n) is 11.3. The molecule has 0 aliphatic carbocycles. The number of hydrogen-bond donors (Lipinski definition) is 3. The third-order valence-electron chi connectivity index (χ3n) is 3.23. The van der Waals surface area contributed by atoms with Crippen molar-refractivity contribution < 1.29 is 9.59 Å². The van der Waals surface area contributed by atoms with Crippen LogP contribution >= 0.6 is 11.6 Å². The van der Waals surface area contributed by atoms with Gasteiger partial charge in [0.05, 0.1) is 10.4 Å². The van der Waals surface area contributed by atoms with Crippen LogP contribution in [0.1, 0.15) is 24.3 Å². The molecule has 5 nitrogen and oxygen atoms in total. The van der Waals surface area contributed by atoms with E-state index in [1.54, 1.807) is 13.8 Å². The summed E-state index contributed by atoms with van der Waals surface area (Å²) >= 11 is 6.18. The lowest BCUT2D eigenvalue weighted by Gasteiger charge is -2.20. The van der Waals surface area contributed by atoms with Crippen molar-refractivity contribution in [3.63, 3.8) is 0 Å². The van der Waals surface area contributed by atoms with E-state index in [1.165, 1.54) is 0 Å². The highest BCUT2D eigenvalue weighted by Gasteiger charge is 2.26. The lowest BCUT2D eigenvalue weighted by atomic mass is 9.93. The van der Waals surface area contributed by atoms with Crippen molar-refractivity contribution in [2.75, 3.05) is 6.54 Å². The number of hydrogen-bond acceptors (Lipinski definition) is 2. The largest absolute Gasteiger partial charge is 0.369 e. The molecule has 0 atom stereocenters.